The Morgan fingerprint density at radius 1 is 0.686 bits per heavy atom. The van der Waals surface area contributed by atoms with E-state index in [1.165, 1.54) is 27.8 Å². The number of hydrogen-bond donors (Lipinski definition) is 0. The van der Waals surface area contributed by atoms with Crippen LogP contribution in [0.25, 0.3) is 0 Å². The zero-order valence-electron chi connectivity index (χ0n) is 23.4. The number of benzene rings is 3. The largest absolute Gasteiger partial charge is 0.435 e. The van der Waals surface area contributed by atoms with E-state index < -0.39 is 8.38 Å². The standard InChI is InChI=1S/C32H43O2P/c1-11-15-25-19-23(3)21-28(32(8,9)10)30(25)34-35(26-16-13-12-14-17-26)33-29-24(4)18-22(2)20-27(29)31(5,6)7/h12-14,16-21H,11,15H2,1-10H3. The molecule has 0 amide bonds. The summed E-state index contributed by atoms with van der Waals surface area (Å²) in [5.74, 6) is 1.93. The van der Waals surface area contributed by atoms with Crippen molar-refractivity contribution in [2.75, 3.05) is 0 Å². The van der Waals surface area contributed by atoms with Crippen LogP contribution < -0.4 is 14.4 Å². The lowest BCUT2D eigenvalue weighted by Crippen LogP contribution is -2.19. The summed E-state index contributed by atoms with van der Waals surface area (Å²) in [6, 6.07) is 19.5. The van der Waals surface area contributed by atoms with E-state index in [9.17, 15) is 0 Å². The molecular weight excluding hydrogens is 447 g/mol. The zero-order valence-corrected chi connectivity index (χ0v) is 24.3. The highest BCUT2D eigenvalue weighted by Gasteiger charge is 2.29. The third-order valence-electron chi connectivity index (χ3n) is 6.18. The molecule has 0 radical (unpaired) electrons. The molecule has 0 N–H and O–H groups in total. The molecule has 2 nitrogen and oxygen atoms in total. The van der Waals surface area contributed by atoms with Crippen molar-refractivity contribution in [3.8, 4) is 11.5 Å². The molecule has 0 aliphatic carbocycles. The summed E-state index contributed by atoms with van der Waals surface area (Å²) in [4.78, 5) is 0. The molecule has 0 aromatic heterocycles. The summed E-state index contributed by atoms with van der Waals surface area (Å²) >= 11 is 0. The minimum Gasteiger partial charge on any atom is -0.435 e. The fraction of sp³-hybridized carbons (Fsp3) is 0.438. The number of rotatable bonds is 7. The predicted molar refractivity (Wildman–Crippen MR) is 153 cm³/mol. The van der Waals surface area contributed by atoms with E-state index in [2.05, 4.69) is 118 Å². The molecule has 0 spiro atoms. The molecule has 0 bridgehead atoms. The first kappa shape index (κ1) is 27.3. The van der Waals surface area contributed by atoms with Gasteiger partial charge in [0.1, 0.15) is 11.5 Å². The quantitative estimate of drug-likeness (QED) is 0.307. The van der Waals surface area contributed by atoms with Crippen molar-refractivity contribution in [3.05, 3.63) is 88.0 Å². The molecule has 1 unspecified atom stereocenters. The van der Waals surface area contributed by atoms with Gasteiger partial charge in [0.25, 0.3) is 0 Å². The smallest absolute Gasteiger partial charge is 0.326 e. The third kappa shape index (κ3) is 6.68. The fourth-order valence-corrected chi connectivity index (χ4v) is 5.89. The molecule has 0 saturated heterocycles. The Hall–Kier alpha value is -2.31. The lowest BCUT2D eigenvalue weighted by molar-refractivity contribution is 0.463. The van der Waals surface area contributed by atoms with Crippen LogP contribution in [0.3, 0.4) is 0 Å². The lowest BCUT2D eigenvalue weighted by atomic mass is 9.83. The molecule has 188 valence electrons. The van der Waals surface area contributed by atoms with Crippen molar-refractivity contribution in [1.29, 1.82) is 0 Å². The molecule has 3 aromatic carbocycles. The predicted octanol–water partition coefficient (Wildman–Crippen LogP) is 9.25. The van der Waals surface area contributed by atoms with Crippen LogP contribution in [0.4, 0.5) is 0 Å². The van der Waals surface area contributed by atoms with Gasteiger partial charge in [-0.3, -0.25) is 0 Å². The van der Waals surface area contributed by atoms with E-state index in [4.69, 9.17) is 9.05 Å². The number of hydrogen-bond acceptors (Lipinski definition) is 2. The molecule has 3 rings (SSSR count). The van der Waals surface area contributed by atoms with Gasteiger partial charge in [-0.2, -0.15) is 0 Å². The molecule has 0 fully saturated rings. The van der Waals surface area contributed by atoms with Crippen LogP contribution >= 0.6 is 8.38 Å². The molecule has 0 saturated carbocycles. The van der Waals surface area contributed by atoms with E-state index in [0.29, 0.717) is 0 Å². The minimum absolute atomic E-state index is 0.0438. The maximum Gasteiger partial charge on any atom is 0.326 e. The summed E-state index contributed by atoms with van der Waals surface area (Å²) in [6.07, 6.45) is 2.05. The average molecular weight is 491 g/mol. The minimum atomic E-state index is -1.40. The second-order valence-electron chi connectivity index (χ2n) is 11.8. The Morgan fingerprint density at radius 2 is 1.20 bits per heavy atom. The van der Waals surface area contributed by atoms with Crippen molar-refractivity contribution in [2.24, 2.45) is 0 Å². The SMILES string of the molecule is CCCc1cc(C)cc(C(C)(C)C)c1OP(Oc1c(C)cc(C)cc1C(C)(C)C)c1ccccc1. The van der Waals surface area contributed by atoms with Gasteiger partial charge >= 0.3 is 8.38 Å². The highest BCUT2D eigenvalue weighted by molar-refractivity contribution is 7.56. The summed E-state index contributed by atoms with van der Waals surface area (Å²) in [7, 11) is -1.40. The maximum absolute atomic E-state index is 7.00. The molecule has 0 aliphatic rings. The second kappa shape index (κ2) is 10.8. The maximum atomic E-state index is 7.00. The molecule has 35 heavy (non-hydrogen) atoms. The Kier molecular flexibility index (Phi) is 8.38. The van der Waals surface area contributed by atoms with Crippen LogP contribution in [0.2, 0.25) is 0 Å². The Bertz CT molecular complexity index is 1150. The van der Waals surface area contributed by atoms with Crippen LogP contribution in [0, 0.1) is 20.8 Å². The van der Waals surface area contributed by atoms with Crippen LogP contribution in [-0.2, 0) is 17.3 Å². The van der Waals surface area contributed by atoms with E-state index in [0.717, 1.165) is 35.2 Å². The first-order valence-corrected chi connectivity index (χ1v) is 14.0. The second-order valence-corrected chi connectivity index (χ2v) is 13.2. The molecule has 3 heteroatoms. The third-order valence-corrected chi connectivity index (χ3v) is 7.60. The van der Waals surface area contributed by atoms with E-state index >= 15 is 0 Å². The Balaban J connectivity index is 2.19. The van der Waals surface area contributed by atoms with Gasteiger partial charge in [-0.05, 0) is 61.3 Å². The molecule has 0 aliphatic heterocycles. The van der Waals surface area contributed by atoms with Gasteiger partial charge in [0.2, 0.25) is 0 Å². The Labute approximate surface area is 215 Å². The molecule has 3 aromatic rings. The summed E-state index contributed by atoms with van der Waals surface area (Å²) in [5.41, 5.74) is 7.32. The van der Waals surface area contributed by atoms with Gasteiger partial charge in [0, 0.05) is 11.1 Å². The van der Waals surface area contributed by atoms with Crippen molar-refractivity contribution >= 4 is 13.7 Å². The first-order chi connectivity index (χ1) is 16.3. The zero-order chi connectivity index (χ0) is 26.0. The highest BCUT2D eigenvalue weighted by Crippen LogP contribution is 2.48. The van der Waals surface area contributed by atoms with Gasteiger partial charge in [-0.25, -0.2) is 0 Å². The van der Waals surface area contributed by atoms with Gasteiger partial charge in [-0.1, -0.05) is 108 Å². The summed E-state index contributed by atoms with van der Waals surface area (Å²) in [5, 5.41) is 1.07. The van der Waals surface area contributed by atoms with Gasteiger partial charge in [-0.15, -0.1) is 0 Å². The van der Waals surface area contributed by atoms with Crippen molar-refractivity contribution in [1.82, 2.24) is 0 Å². The van der Waals surface area contributed by atoms with Gasteiger partial charge in [0.15, 0.2) is 0 Å². The van der Waals surface area contributed by atoms with Crippen molar-refractivity contribution in [2.45, 2.75) is 92.9 Å². The normalized spacial score (nSPS) is 13.0. The van der Waals surface area contributed by atoms with Crippen LogP contribution in [0.15, 0.2) is 54.6 Å². The Morgan fingerprint density at radius 3 is 1.74 bits per heavy atom. The van der Waals surface area contributed by atoms with Gasteiger partial charge in [0.05, 0.1) is 5.30 Å². The van der Waals surface area contributed by atoms with Crippen molar-refractivity contribution < 1.29 is 9.05 Å². The highest BCUT2D eigenvalue weighted by atomic mass is 31.2. The average Bonchev–Trinajstić information content (AvgIpc) is 2.75. The summed E-state index contributed by atoms with van der Waals surface area (Å²) < 4.78 is 13.9. The molecule has 1 atom stereocenters. The van der Waals surface area contributed by atoms with E-state index in [-0.39, 0.29) is 10.8 Å². The topological polar surface area (TPSA) is 18.5 Å². The molecular formula is C32H43O2P. The van der Waals surface area contributed by atoms with Crippen molar-refractivity contribution in [3.63, 3.8) is 0 Å². The number of aryl methyl sites for hydroxylation is 4. The van der Waals surface area contributed by atoms with Crippen LogP contribution in [-0.4, -0.2) is 0 Å². The monoisotopic (exact) mass is 490 g/mol. The molecule has 0 heterocycles. The van der Waals surface area contributed by atoms with Gasteiger partial charge < -0.3 is 9.05 Å². The van der Waals surface area contributed by atoms with Crippen LogP contribution in [0.5, 0.6) is 11.5 Å². The first-order valence-electron chi connectivity index (χ1n) is 12.8. The lowest BCUT2D eigenvalue weighted by Gasteiger charge is -2.30. The van der Waals surface area contributed by atoms with E-state index in [1.807, 2.05) is 6.07 Å². The summed E-state index contributed by atoms with van der Waals surface area (Å²) in [6.45, 7) is 22.2. The van der Waals surface area contributed by atoms with Crippen LogP contribution in [0.1, 0.15) is 88.3 Å². The van der Waals surface area contributed by atoms with E-state index in [1.54, 1.807) is 0 Å². The fourth-order valence-electron chi connectivity index (χ4n) is 4.44.